The molecule has 0 N–H and O–H groups in total. The highest BCUT2D eigenvalue weighted by molar-refractivity contribution is 4.67. The van der Waals surface area contributed by atoms with Crippen molar-refractivity contribution in [2.45, 2.75) is 25.9 Å². The number of hydrogen-bond acceptors (Lipinski definition) is 2. The van der Waals surface area contributed by atoms with E-state index < -0.39 is 0 Å². The monoisotopic (exact) mass is 143 g/mol. The maximum atomic E-state index is 5.55. The van der Waals surface area contributed by atoms with Gasteiger partial charge in [0.25, 0.3) is 0 Å². The van der Waals surface area contributed by atoms with E-state index in [1.807, 2.05) is 0 Å². The lowest BCUT2D eigenvalue weighted by molar-refractivity contribution is -0.0234. The molecule has 1 saturated heterocycles. The first-order valence-electron chi connectivity index (χ1n) is 4.13. The summed E-state index contributed by atoms with van der Waals surface area (Å²) in [6, 6.07) is 0. The SMILES string of the molecule is CCCC1CN(C)CCO1. The van der Waals surface area contributed by atoms with Crippen molar-refractivity contribution in [3.05, 3.63) is 0 Å². The predicted molar refractivity (Wildman–Crippen MR) is 42.1 cm³/mol. The van der Waals surface area contributed by atoms with Crippen molar-refractivity contribution in [1.29, 1.82) is 0 Å². The third kappa shape index (κ3) is 2.27. The highest BCUT2D eigenvalue weighted by atomic mass is 16.5. The van der Waals surface area contributed by atoms with Crippen LogP contribution in [0.2, 0.25) is 0 Å². The van der Waals surface area contributed by atoms with Crippen molar-refractivity contribution in [2.75, 3.05) is 26.7 Å². The van der Waals surface area contributed by atoms with Crippen molar-refractivity contribution < 1.29 is 4.74 Å². The summed E-state index contributed by atoms with van der Waals surface area (Å²) in [7, 11) is 2.16. The van der Waals surface area contributed by atoms with Crippen LogP contribution in [-0.4, -0.2) is 37.7 Å². The van der Waals surface area contributed by atoms with Crippen LogP contribution < -0.4 is 0 Å². The summed E-state index contributed by atoms with van der Waals surface area (Å²) < 4.78 is 5.55. The zero-order valence-corrected chi connectivity index (χ0v) is 6.97. The van der Waals surface area contributed by atoms with Gasteiger partial charge in [-0.25, -0.2) is 0 Å². The molecule has 1 aliphatic heterocycles. The summed E-state index contributed by atoms with van der Waals surface area (Å²) in [5.74, 6) is 0. The molecular weight excluding hydrogens is 126 g/mol. The first-order valence-corrected chi connectivity index (χ1v) is 4.13. The molecule has 0 bridgehead atoms. The molecule has 1 fully saturated rings. The molecule has 0 aliphatic carbocycles. The van der Waals surface area contributed by atoms with E-state index >= 15 is 0 Å². The van der Waals surface area contributed by atoms with E-state index in [4.69, 9.17) is 4.74 Å². The molecule has 10 heavy (non-hydrogen) atoms. The molecule has 2 heteroatoms. The summed E-state index contributed by atoms with van der Waals surface area (Å²) in [6.45, 7) is 5.34. The summed E-state index contributed by atoms with van der Waals surface area (Å²) in [4.78, 5) is 2.34. The molecule has 0 amide bonds. The van der Waals surface area contributed by atoms with Gasteiger partial charge in [0.2, 0.25) is 0 Å². The number of ether oxygens (including phenoxy) is 1. The molecule has 0 aromatic rings. The molecule has 1 unspecified atom stereocenters. The van der Waals surface area contributed by atoms with Crippen LogP contribution in [-0.2, 0) is 4.74 Å². The van der Waals surface area contributed by atoms with E-state index in [1.54, 1.807) is 0 Å². The average molecular weight is 143 g/mol. The third-order valence-corrected chi connectivity index (χ3v) is 1.95. The van der Waals surface area contributed by atoms with E-state index in [0.717, 1.165) is 19.7 Å². The Morgan fingerprint density at radius 1 is 1.60 bits per heavy atom. The van der Waals surface area contributed by atoms with Crippen molar-refractivity contribution >= 4 is 0 Å². The number of nitrogens with zero attached hydrogens (tertiary/aromatic N) is 1. The maximum absolute atomic E-state index is 5.55. The topological polar surface area (TPSA) is 12.5 Å². The number of rotatable bonds is 2. The summed E-state index contributed by atoms with van der Waals surface area (Å²) >= 11 is 0. The fraction of sp³-hybridized carbons (Fsp3) is 1.00. The van der Waals surface area contributed by atoms with Crippen molar-refractivity contribution in [2.24, 2.45) is 0 Å². The number of morpholine rings is 1. The summed E-state index contributed by atoms with van der Waals surface area (Å²) in [5.41, 5.74) is 0. The maximum Gasteiger partial charge on any atom is 0.0702 e. The Labute approximate surface area is 63.2 Å². The first-order chi connectivity index (χ1) is 4.83. The highest BCUT2D eigenvalue weighted by Gasteiger charge is 2.15. The van der Waals surface area contributed by atoms with Gasteiger partial charge in [0.05, 0.1) is 12.7 Å². The van der Waals surface area contributed by atoms with Crippen LogP contribution >= 0.6 is 0 Å². The Hall–Kier alpha value is -0.0800. The van der Waals surface area contributed by atoms with E-state index in [1.165, 1.54) is 12.8 Å². The number of hydrogen-bond donors (Lipinski definition) is 0. The Bertz CT molecular complexity index is 93.3. The zero-order chi connectivity index (χ0) is 7.40. The van der Waals surface area contributed by atoms with E-state index in [2.05, 4.69) is 18.9 Å². The van der Waals surface area contributed by atoms with Crippen LogP contribution in [0.3, 0.4) is 0 Å². The van der Waals surface area contributed by atoms with Gasteiger partial charge in [-0.05, 0) is 13.5 Å². The Balaban J connectivity index is 2.18. The van der Waals surface area contributed by atoms with Gasteiger partial charge < -0.3 is 9.64 Å². The minimum atomic E-state index is 0.503. The molecular formula is C8H17NO. The smallest absolute Gasteiger partial charge is 0.0702 e. The fourth-order valence-corrected chi connectivity index (χ4v) is 1.36. The van der Waals surface area contributed by atoms with Gasteiger partial charge >= 0.3 is 0 Å². The van der Waals surface area contributed by atoms with Crippen LogP contribution in [0.4, 0.5) is 0 Å². The Morgan fingerprint density at radius 3 is 3.00 bits per heavy atom. The minimum Gasteiger partial charge on any atom is -0.376 e. The predicted octanol–water partition coefficient (Wildman–Crippen LogP) is 1.12. The Morgan fingerprint density at radius 2 is 2.40 bits per heavy atom. The van der Waals surface area contributed by atoms with Crippen molar-refractivity contribution in [3.63, 3.8) is 0 Å². The van der Waals surface area contributed by atoms with Gasteiger partial charge in [0.15, 0.2) is 0 Å². The molecule has 0 spiro atoms. The molecule has 1 atom stereocenters. The molecule has 1 heterocycles. The Kier molecular flexibility index (Phi) is 3.16. The second-order valence-electron chi connectivity index (χ2n) is 3.04. The van der Waals surface area contributed by atoms with Crippen LogP contribution in [0.15, 0.2) is 0 Å². The second kappa shape index (κ2) is 3.94. The van der Waals surface area contributed by atoms with Crippen LogP contribution in [0.1, 0.15) is 19.8 Å². The van der Waals surface area contributed by atoms with Gasteiger partial charge in [-0.3, -0.25) is 0 Å². The lowest BCUT2D eigenvalue weighted by Crippen LogP contribution is -2.39. The van der Waals surface area contributed by atoms with Crippen molar-refractivity contribution in [1.82, 2.24) is 4.90 Å². The van der Waals surface area contributed by atoms with Gasteiger partial charge in [-0.15, -0.1) is 0 Å². The van der Waals surface area contributed by atoms with Crippen LogP contribution in [0.5, 0.6) is 0 Å². The normalized spacial score (nSPS) is 28.8. The largest absolute Gasteiger partial charge is 0.376 e. The molecule has 2 nitrogen and oxygen atoms in total. The van der Waals surface area contributed by atoms with Crippen LogP contribution in [0, 0.1) is 0 Å². The summed E-state index contributed by atoms with van der Waals surface area (Å²) in [5, 5.41) is 0. The zero-order valence-electron chi connectivity index (χ0n) is 6.97. The standard InChI is InChI=1S/C8H17NO/c1-3-4-8-7-9(2)5-6-10-8/h8H,3-7H2,1-2H3. The molecule has 1 rings (SSSR count). The fourth-order valence-electron chi connectivity index (χ4n) is 1.36. The van der Waals surface area contributed by atoms with Crippen LogP contribution in [0.25, 0.3) is 0 Å². The molecule has 60 valence electrons. The van der Waals surface area contributed by atoms with Gasteiger partial charge in [-0.2, -0.15) is 0 Å². The molecule has 1 aliphatic rings. The van der Waals surface area contributed by atoms with Gasteiger partial charge in [0.1, 0.15) is 0 Å². The molecule has 0 saturated carbocycles. The van der Waals surface area contributed by atoms with Gasteiger partial charge in [-0.1, -0.05) is 13.3 Å². The molecule has 0 radical (unpaired) electrons. The average Bonchev–Trinajstić information content (AvgIpc) is 1.88. The quantitative estimate of drug-likeness (QED) is 0.574. The third-order valence-electron chi connectivity index (χ3n) is 1.95. The van der Waals surface area contributed by atoms with E-state index in [0.29, 0.717) is 6.10 Å². The lowest BCUT2D eigenvalue weighted by atomic mass is 10.2. The van der Waals surface area contributed by atoms with E-state index in [-0.39, 0.29) is 0 Å². The number of likely N-dealkylation sites (N-methyl/N-ethyl adjacent to an activating group) is 1. The molecule has 0 aromatic carbocycles. The van der Waals surface area contributed by atoms with Gasteiger partial charge in [0, 0.05) is 13.1 Å². The summed E-state index contributed by atoms with van der Waals surface area (Å²) in [6.07, 6.45) is 2.95. The van der Waals surface area contributed by atoms with Crippen molar-refractivity contribution in [3.8, 4) is 0 Å². The highest BCUT2D eigenvalue weighted by Crippen LogP contribution is 2.07. The lowest BCUT2D eigenvalue weighted by Gasteiger charge is -2.29. The second-order valence-corrected chi connectivity index (χ2v) is 3.04. The van der Waals surface area contributed by atoms with E-state index in [9.17, 15) is 0 Å². The molecule has 0 aromatic heterocycles. The first kappa shape index (κ1) is 8.02. The minimum absolute atomic E-state index is 0.503.